The van der Waals surface area contributed by atoms with Crippen molar-refractivity contribution in [2.45, 2.75) is 23.8 Å². The van der Waals surface area contributed by atoms with Crippen molar-refractivity contribution in [1.82, 2.24) is 9.80 Å². The Kier molecular flexibility index (Phi) is 7.27. The van der Waals surface area contributed by atoms with E-state index in [0.717, 1.165) is 39.1 Å². The van der Waals surface area contributed by atoms with Crippen molar-refractivity contribution in [3.05, 3.63) is 58.1 Å². The molecule has 2 aliphatic rings. The first-order valence-electron chi connectivity index (χ1n) is 10.5. The molecule has 0 bridgehead atoms. The predicted octanol–water partition coefficient (Wildman–Crippen LogP) is 3.73. The van der Waals surface area contributed by atoms with E-state index in [2.05, 4.69) is 9.62 Å². The zero-order valence-electron chi connectivity index (χ0n) is 17.5. The second kappa shape index (κ2) is 9.97. The first-order valence-corrected chi connectivity index (χ1v) is 12.8. The molecule has 2 aliphatic heterocycles. The average molecular weight is 498 g/mol. The summed E-state index contributed by atoms with van der Waals surface area (Å²) in [5.74, 6) is -0.122. The number of nitrogens with zero attached hydrogens (tertiary/aromatic N) is 2. The molecule has 2 aromatic carbocycles. The Hall–Kier alpha value is -1.84. The van der Waals surface area contributed by atoms with Crippen molar-refractivity contribution >= 4 is 44.8 Å². The third kappa shape index (κ3) is 5.55. The summed E-state index contributed by atoms with van der Waals surface area (Å²) in [5.41, 5.74) is 0.707. The second-order valence-corrected chi connectivity index (χ2v) is 10.5. The van der Waals surface area contributed by atoms with Gasteiger partial charge >= 0.3 is 0 Å². The van der Waals surface area contributed by atoms with Crippen LogP contribution in [0.1, 0.15) is 23.2 Å². The molecule has 1 atom stereocenters. The van der Waals surface area contributed by atoms with E-state index in [0.29, 0.717) is 24.8 Å². The number of halogens is 2. The molecule has 4 rings (SSSR count). The van der Waals surface area contributed by atoms with Crippen LogP contribution in [0.3, 0.4) is 0 Å². The van der Waals surface area contributed by atoms with E-state index in [4.69, 9.17) is 27.9 Å². The summed E-state index contributed by atoms with van der Waals surface area (Å²) < 4.78 is 33.7. The Labute approximate surface area is 198 Å². The summed E-state index contributed by atoms with van der Waals surface area (Å²) in [7, 11) is -3.96. The standard InChI is InChI=1S/C22H25Cl2N3O4S/c23-17-6-7-20(24)21(14-17)32(29,30)25-18-4-1-3-16(13-18)22(28)27-10-8-26(9-11-27)15-19-5-2-12-31-19/h1,3-4,6-7,13-14,19,25H,2,5,8-12,15H2. The number of carbonyl (C=O) groups is 1. The Morgan fingerprint density at radius 1 is 1.09 bits per heavy atom. The Bertz CT molecular complexity index is 1080. The largest absolute Gasteiger partial charge is 0.377 e. The van der Waals surface area contributed by atoms with Gasteiger partial charge in [0.1, 0.15) is 4.90 Å². The zero-order valence-corrected chi connectivity index (χ0v) is 19.8. The smallest absolute Gasteiger partial charge is 0.263 e. The summed E-state index contributed by atoms with van der Waals surface area (Å²) >= 11 is 12.0. The number of carbonyl (C=O) groups excluding carboxylic acids is 1. The predicted molar refractivity (Wildman–Crippen MR) is 125 cm³/mol. The number of anilines is 1. The van der Waals surface area contributed by atoms with Crippen molar-refractivity contribution in [2.75, 3.05) is 44.1 Å². The maximum absolute atomic E-state index is 13.0. The average Bonchev–Trinajstić information content (AvgIpc) is 3.28. The lowest BCUT2D eigenvalue weighted by molar-refractivity contribution is 0.0432. The van der Waals surface area contributed by atoms with Crippen LogP contribution in [0.4, 0.5) is 5.69 Å². The first kappa shape index (κ1) is 23.3. The van der Waals surface area contributed by atoms with Crippen molar-refractivity contribution in [2.24, 2.45) is 0 Å². The summed E-state index contributed by atoms with van der Waals surface area (Å²) in [5, 5.41) is 0.326. The molecular formula is C22H25Cl2N3O4S. The highest BCUT2D eigenvalue weighted by Gasteiger charge is 2.26. The molecule has 2 saturated heterocycles. The van der Waals surface area contributed by atoms with Crippen molar-refractivity contribution in [1.29, 1.82) is 0 Å². The van der Waals surface area contributed by atoms with Crippen molar-refractivity contribution in [3.63, 3.8) is 0 Å². The summed E-state index contributed by atoms with van der Waals surface area (Å²) in [6.07, 6.45) is 2.52. The number of rotatable bonds is 6. The van der Waals surface area contributed by atoms with Gasteiger partial charge in [-0.1, -0.05) is 29.3 Å². The van der Waals surface area contributed by atoms with Gasteiger partial charge in [-0.3, -0.25) is 14.4 Å². The van der Waals surface area contributed by atoms with Gasteiger partial charge < -0.3 is 9.64 Å². The SMILES string of the molecule is O=C(c1cccc(NS(=O)(=O)c2cc(Cl)ccc2Cl)c1)N1CCN(CC2CCCO2)CC1. The van der Waals surface area contributed by atoms with Crippen LogP contribution < -0.4 is 4.72 Å². The molecule has 0 aromatic heterocycles. The molecular weight excluding hydrogens is 473 g/mol. The molecule has 1 N–H and O–H groups in total. The fourth-order valence-electron chi connectivity index (χ4n) is 4.00. The van der Waals surface area contributed by atoms with Crippen molar-refractivity contribution in [3.8, 4) is 0 Å². The quantitative estimate of drug-likeness (QED) is 0.657. The van der Waals surface area contributed by atoms with Gasteiger partial charge in [-0.25, -0.2) is 8.42 Å². The van der Waals surface area contributed by atoms with E-state index >= 15 is 0 Å². The molecule has 7 nitrogen and oxygen atoms in total. The number of benzene rings is 2. The van der Waals surface area contributed by atoms with Crippen LogP contribution in [0.2, 0.25) is 10.0 Å². The maximum atomic E-state index is 13.0. The highest BCUT2D eigenvalue weighted by Crippen LogP contribution is 2.27. The molecule has 2 heterocycles. The van der Waals surface area contributed by atoms with Crippen LogP contribution in [0.5, 0.6) is 0 Å². The van der Waals surface area contributed by atoms with Crippen LogP contribution >= 0.6 is 23.2 Å². The van der Waals surface area contributed by atoms with Crippen LogP contribution in [0, 0.1) is 0 Å². The molecule has 1 amide bonds. The Balaban J connectivity index is 1.40. The monoisotopic (exact) mass is 497 g/mol. The zero-order chi connectivity index (χ0) is 22.7. The number of ether oxygens (including phenoxy) is 1. The lowest BCUT2D eigenvalue weighted by Crippen LogP contribution is -2.50. The minimum Gasteiger partial charge on any atom is -0.377 e. The van der Waals surface area contributed by atoms with Gasteiger partial charge in [0.25, 0.3) is 15.9 Å². The maximum Gasteiger partial charge on any atom is 0.263 e. The number of amides is 1. The first-order chi connectivity index (χ1) is 15.3. The highest BCUT2D eigenvalue weighted by molar-refractivity contribution is 7.92. The molecule has 2 aromatic rings. The van der Waals surface area contributed by atoms with Crippen LogP contribution in [-0.4, -0.2) is 69.6 Å². The van der Waals surface area contributed by atoms with Gasteiger partial charge in [-0.2, -0.15) is 0 Å². The Morgan fingerprint density at radius 3 is 2.59 bits per heavy atom. The third-order valence-corrected chi connectivity index (χ3v) is 7.79. The van der Waals surface area contributed by atoms with E-state index in [1.807, 2.05) is 0 Å². The van der Waals surface area contributed by atoms with E-state index < -0.39 is 10.0 Å². The summed E-state index contributed by atoms with van der Waals surface area (Å²) in [6.45, 7) is 4.59. The second-order valence-electron chi connectivity index (χ2n) is 7.99. The van der Waals surface area contributed by atoms with Crippen LogP contribution in [0.25, 0.3) is 0 Å². The number of sulfonamides is 1. The molecule has 32 heavy (non-hydrogen) atoms. The normalized spacial score (nSPS) is 19.8. The van der Waals surface area contributed by atoms with Gasteiger partial charge in [0.15, 0.2) is 0 Å². The highest BCUT2D eigenvalue weighted by atomic mass is 35.5. The van der Waals surface area contributed by atoms with E-state index in [9.17, 15) is 13.2 Å². The minimum absolute atomic E-state index is 0.0648. The minimum atomic E-state index is -3.96. The molecule has 10 heteroatoms. The van der Waals surface area contributed by atoms with E-state index in [1.165, 1.54) is 24.3 Å². The lowest BCUT2D eigenvalue weighted by Gasteiger charge is -2.35. The van der Waals surface area contributed by atoms with Gasteiger partial charge in [0, 0.05) is 55.6 Å². The third-order valence-electron chi connectivity index (χ3n) is 5.69. The van der Waals surface area contributed by atoms with Gasteiger partial charge in [-0.15, -0.1) is 0 Å². The molecule has 0 saturated carbocycles. The number of hydrogen-bond donors (Lipinski definition) is 1. The molecule has 1 unspecified atom stereocenters. The molecule has 0 radical (unpaired) electrons. The fraction of sp³-hybridized carbons (Fsp3) is 0.409. The summed E-state index contributed by atoms with van der Waals surface area (Å²) in [4.78, 5) is 17.0. The fourth-order valence-corrected chi connectivity index (χ4v) is 5.81. The molecule has 2 fully saturated rings. The number of hydrogen-bond acceptors (Lipinski definition) is 5. The van der Waals surface area contributed by atoms with Gasteiger partial charge in [0.05, 0.1) is 11.1 Å². The van der Waals surface area contributed by atoms with Crippen LogP contribution in [-0.2, 0) is 14.8 Å². The molecule has 0 spiro atoms. The van der Waals surface area contributed by atoms with E-state index in [-0.39, 0.29) is 26.5 Å². The summed E-state index contributed by atoms with van der Waals surface area (Å²) in [6, 6.07) is 10.7. The topological polar surface area (TPSA) is 79.0 Å². The van der Waals surface area contributed by atoms with E-state index in [1.54, 1.807) is 23.1 Å². The van der Waals surface area contributed by atoms with Crippen molar-refractivity contribution < 1.29 is 17.9 Å². The molecule has 172 valence electrons. The molecule has 0 aliphatic carbocycles. The van der Waals surface area contributed by atoms with Gasteiger partial charge in [-0.05, 0) is 49.2 Å². The number of nitrogens with one attached hydrogen (secondary N) is 1. The number of piperazine rings is 1. The van der Waals surface area contributed by atoms with Crippen LogP contribution in [0.15, 0.2) is 47.4 Å². The lowest BCUT2D eigenvalue weighted by atomic mass is 10.1. The van der Waals surface area contributed by atoms with Gasteiger partial charge in [0.2, 0.25) is 0 Å². The Morgan fingerprint density at radius 2 is 1.88 bits per heavy atom.